The van der Waals surface area contributed by atoms with E-state index in [0.717, 1.165) is 16.9 Å². The molecule has 31 heavy (non-hydrogen) atoms. The van der Waals surface area contributed by atoms with Crippen LogP contribution in [0.15, 0.2) is 76.2 Å². The number of aryl methyl sites for hydroxylation is 1. The maximum atomic E-state index is 12.7. The first kappa shape index (κ1) is 22.1. The fraction of sp³-hybridized carbons (Fsp3) is 0.182. The molecule has 1 heterocycles. The molecule has 0 spiro atoms. The molecule has 1 amide bonds. The number of aromatic nitrogens is 1. The lowest BCUT2D eigenvalue weighted by atomic mass is 10.2. The number of rotatable bonds is 8. The quantitative estimate of drug-likeness (QED) is 0.576. The number of methoxy groups -OCH3 is 1. The number of hydrogen-bond acceptors (Lipinski definition) is 5. The Hall–Kier alpha value is -3.59. The molecule has 0 atom stereocenters. The second-order valence-corrected chi connectivity index (χ2v) is 8.44. The van der Waals surface area contributed by atoms with Crippen molar-refractivity contribution in [2.45, 2.75) is 25.0 Å². The van der Waals surface area contributed by atoms with Gasteiger partial charge in [0.1, 0.15) is 30.1 Å². The molecule has 0 unspecified atom stereocenters. The molecule has 1 aromatic heterocycles. The molecule has 2 aromatic carbocycles. The van der Waals surface area contributed by atoms with E-state index in [-0.39, 0.29) is 23.5 Å². The molecule has 162 valence electrons. The summed E-state index contributed by atoms with van der Waals surface area (Å²) in [5.74, 6) is 0.536. The minimum absolute atomic E-state index is 0.0588. The van der Waals surface area contributed by atoms with Gasteiger partial charge in [0.05, 0.1) is 12.0 Å². The molecule has 0 bridgehead atoms. The van der Waals surface area contributed by atoms with Crippen LogP contribution >= 0.6 is 0 Å². The number of ether oxygens (including phenoxy) is 2. The van der Waals surface area contributed by atoms with Crippen LogP contribution < -0.4 is 20.7 Å². The van der Waals surface area contributed by atoms with Gasteiger partial charge in [-0.15, -0.1) is 4.40 Å². The number of primary amides is 1. The Kier molecular flexibility index (Phi) is 6.76. The SMILES string of the molecule is COc1ccc(COc2ccc(=NS(=O)(=O)c3ccc(C)cc3)n(CC(N)=O)c2)cc1. The zero-order chi connectivity index (χ0) is 22.4. The molecule has 0 radical (unpaired) electrons. The van der Waals surface area contributed by atoms with E-state index in [1.807, 2.05) is 31.2 Å². The van der Waals surface area contributed by atoms with Gasteiger partial charge in [-0.2, -0.15) is 8.42 Å². The first-order chi connectivity index (χ1) is 14.8. The monoisotopic (exact) mass is 441 g/mol. The molecule has 0 fully saturated rings. The number of amides is 1. The molecule has 0 saturated heterocycles. The summed E-state index contributed by atoms with van der Waals surface area (Å²) in [5.41, 5.74) is 7.24. The van der Waals surface area contributed by atoms with E-state index in [1.165, 1.54) is 29.0 Å². The van der Waals surface area contributed by atoms with E-state index in [4.69, 9.17) is 15.2 Å². The van der Waals surface area contributed by atoms with Gasteiger partial charge in [-0.1, -0.05) is 29.8 Å². The average Bonchev–Trinajstić information content (AvgIpc) is 2.74. The third-order valence-electron chi connectivity index (χ3n) is 4.40. The smallest absolute Gasteiger partial charge is 0.284 e. The summed E-state index contributed by atoms with van der Waals surface area (Å²) in [6.45, 7) is 1.89. The van der Waals surface area contributed by atoms with Gasteiger partial charge in [0.25, 0.3) is 10.0 Å². The molecule has 3 rings (SSSR count). The van der Waals surface area contributed by atoms with Crippen LogP contribution in [0.2, 0.25) is 0 Å². The molecule has 0 aliphatic carbocycles. The third kappa shape index (κ3) is 5.95. The third-order valence-corrected chi connectivity index (χ3v) is 5.69. The van der Waals surface area contributed by atoms with E-state index in [9.17, 15) is 13.2 Å². The van der Waals surface area contributed by atoms with Crippen molar-refractivity contribution in [1.82, 2.24) is 4.57 Å². The summed E-state index contributed by atoms with van der Waals surface area (Å²) < 4.78 is 41.4. The van der Waals surface area contributed by atoms with E-state index >= 15 is 0 Å². The predicted molar refractivity (Wildman–Crippen MR) is 115 cm³/mol. The van der Waals surface area contributed by atoms with Crippen LogP contribution in [0.5, 0.6) is 11.5 Å². The Morgan fingerprint density at radius 3 is 2.26 bits per heavy atom. The fourth-order valence-corrected chi connectivity index (χ4v) is 3.75. The van der Waals surface area contributed by atoms with E-state index in [0.29, 0.717) is 5.75 Å². The number of nitrogens with zero attached hydrogens (tertiary/aromatic N) is 2. The van der Waals surface area contributed by atoms with Crippen LogP contribution in [0.1, 0.15) is 11.1 Å². The standard InChI is InChI=1S/C22H23N3O5S/c1-16-3-10-20(11-4-16)31(27,28)24-22-12-9-19(13-25(22)14-21(23)26)30-15-17-5-7-18(29-2)8-6-17/h3-13H,14-15H2,1-2H3,(H2,23,26). The van der Waals surface area contributed by atoms with Gasteiger partial charge < -0.3 is 19.8 Å². The number of hydrogen-bond donors (Lipinski definition) is 1. The summed E-state index contributed by atoms with van der Waals surface area (Å²) in [5, 5.41) is 0. The van der Waals surface area contributed by atoms with Crippen LogP contribution in [0.25, 0.3) is 0 Å². The summed E-state index contributed by atoms with van der Waals surface area (Å²) in [6, 6.07) is 16.8. The molecule has 3 aromatic rings. The fourth-order valence-electron chi connectivity index (χ4n) is 2.75. The minimum Gasteiger partial charge on any atom is -0.497 e. The lowest BCUT2D eigenvalue weighted by molar-refractivity contribution is -0.118. The van der Waals surface area contributed by atoms with Crippen molar-refractivity contribution in [2.24, 2.45) is 10.1 Å². The van der Waals surface area contributed by atoms with Gasteiger partial charge in [-0.25, -0.2) is 0 Å². The Labute approximate surface area is 180 Å². The molecule has 2 N–H and O–H groups in total. The maximum absolute atomic E-state index is 12.7. The highest BCUT2D eigenvalue weighted by Crippen LogP contribution is 2.15. The highest BCUT2D eigenvalue weighted by Gasteiger charge is 2.13. The van der Waals surface area contributed by atoms with Crippen molar-refractivity contribution in [1.29, 1.82) is 0 Å². The second kappa shape index (κ2) is 9.48. The van der Waals surface area contributed by atoms with Gasteiger partial charge in [0.2, 0.25) is 5.91 Å². The average molecular weight is 442 g/mol. The molecule has 9 heteroatoms. The first-order valence-corrected chi connectivity index (χ1v) is 10.8. The molecule has 0 saturated carbocycles. The Morgan fingerprint density at radius 1 is 1.00 bits per heavy atom. The number of pyridine rings is 1. The Morgan fingerprint density at radius 2 is 1.65 bits per heavy atom. The van der Waals surface area contributed by atoms with Crippen LogP contribution in [-0.4, -0.2) is 26.0 Å². The summed E-state index contributed by atoms with van der Waals surface area (Å²) in [4.78, 5) is 11.6. The van der Waals surface area contributed by atoms with Crippen LogP contribution in [0.4, 0.5) is 0 Å². The van der Waals surface area contributed by atoms with Crippen LogP contribution in [0, 0.1) is 6.92 Å². The Balaban J connectivity index is 1.89. The highest BCUT2D eigenvalue weighted by atomic mass is 32.2. The van der Waals surface area contributed by atoms with Crippen molar-refractivity contribution in [3.05, 3.63) is 83.5 Å². The first-order valence-electron chi connectivity index (χ1n) is 9.39. The lowest BCUT2D eigenvalue weighted by Crippen LogP contribution is -2.29. The molecular weight excluding hydrogens is 418 g/mol. The number of carbonyl (C=O) groups is 1. The summed E-state index contributed by atoms with van der Waals surface area (Å²) >= 11 is 0. The summed E-state index contributed by atoms with van der Waals surface area (Å²) in [6.07, 6.45) is 1.50. The molecule has 0 aliphatic heterocycles. The van der Waals surface area contributed by atoms with Crippen LogP contribution in [-0.2, 0) is 28.0 Å². The van der Waals surface area contributed by atoms with Gasteiger partial charge in [0.15, 0.2) is 0 Å². The van der Waals surface area contributed by atoms with E-state index in [2.05, 4.69) is 4.40 Å². The largest absolute Gasteiger partial charge is 0.497 e. The topological polar surface area (TPSA) is 113 Å². The molecule has 0 aliphatic rings. The van der Waals surface area contributed by atoms with Crippen molar-refractivity contribution in [3.8, 4) is 11.5 Å². The number of benzene rings is 2. The van der Waals surface area contributed by atoms with Gasteiger partial charge in [-0.3, -0.25) is 4.79 Å². The minimum atomic E-state index is -3.96. The predicted octanol–water partition coefficient (Wildman–Crippen LogP) is 2.16. The number of carbonyl (C=O) groups excluding carboxylic acids is 1. The normalized spacial score (nSPS) is 11.9. The number of sulfonamides is 1. The van der Waals surface area contributed by atoms with Gasteiger partial charge in [0, 0.05) is 6.20 Å². The zero-order valence-corrected chi connectivity index (χ0v) is 18.0. The van der Waals surface area contributed by atoms with Crippen molar-refractivity contribution in [2.75, 3.05) is 7.11 Å². The van der Waals surface area contributed by atoms with Crippen molar-refractivity contribution < 1.29 is 22.7 Å². The lowest BCUT2D eigenvalue weighted by Gasteiger charge is -2.11. The maximum Gasteiger partial charge on any atom is 0.284 e. The molecular formula is C22H23N3O5S. The van der Waals surface area contributed by atoms with Crippen molar-refractivity contribution >= 4 is 15.9 Å². The zero-order valence-electron chi connectivity index (χ0n) is 17.2. The Bertz CT molecular complexity index is 1230. The van der Waals surface area contributed by atoms with Crippen LogP contribution in [0.3, 0.4) is 0 Å². The van der Waals surface area contributed by atoms with Crippen molar-refractivity contribution in [3.63, 3.8) is 0 Å². The second-order valence-electron chi connectivity index (χ2n) is 6.83. The summed E-state index contributed by atoms with van der Waals surface area (Å²) in [7, 11) is -2.37. The van der Waals surface area contributed by atoms with Gasteiger partial charge >= 0.3 is 0 Å². The van der Waals surface area contributed by atoms with Gasteiger partial charge in [-0.05, 0) is 48.9 Å². The van der Waals surface area contributed by atoms with E-state index in [1.54, 1.807) is 25.3 Å². The highest BCUT2D eigenvalue weighted by molar-refractivity contribution is 7.90. The van der Waals surface area contributed by atoms with E-state index < -0.39 is 15.9 Å². The molecule has 8 nitrogen and oxygen atoms in total. The number of nitrogens with two attached hydrogens (primary N) is 1.